The third kappa shape index (κ3) is 9.24. The summed E-state index contributed by atoms with van der Waals surface area (Å²) in [7, 11) is 1.55. The van der Waals surface area contributed by atoms with Crippen molar-refractivity contribution in [3.05, 3.63) is 75.9 Å². The van der Waals surface area contributed by atoms with E-state index >= 15 is 0 Å². The number of carbonyl (C=O) groups excluding carboxylic acids is 4. The molecule has 11 heteroatoms. The number of nitrogens with zero attached hydrogens (tertiary/aromatic N) is 1. The number of benzene rings is 2. The first-order valence-corrected chi connectivity index (χ1v) is 16.8. The van der Waals surface area contributed by atoms with Crippen LogP contribution in [0.4, 0.5) is 0 Å². The van der Waals surface area contributed by atoms with Gasteiger partial charge in [0.2, 0.25) is 17.7 Å². The van der Waals surface area contributed by atoms with Gasteiger partial charge >= 0.3 is 5.97 Å². The number of H-pyrrole nitrogens is 1. The van der Waals surface area contributed by atoms with Gasteiger partial charge in [-0.1, -0.05) is 55.8 Å². The third-order valence-corrected chi connectivity index (χ3v) is 9.35. The van der Waals surface area contributed by atoms with Gasteiger partial charge in [-0.15, -0.1) is 0 Å². The highest BCUT2D eigenvalue weighted by Gasteiger charge is 2.34. The van der Waals surface area contributed by atoms with Crippen molar-refractivity contribution >= 4 is 50.5 Å². The number of phenolic OH excluding ortho intramolecular Hbond substituents is 1. The van der Waals surface area contributed by atoms with Crippen molar-refractivity contribution in [2.75, 3.05) is 7.05 Å². The average Bonchev–Trinajstić information content (AvgIpc) is 3.32. The number of aromatic amines is 1. The maximum atomic E-state index is 14.3. The van der Waals surface area contributed by atoms with Gasteiger partial charge in [0, 0.05) is 30.3 Å². The summed E-state index contributed by atoms with van der Waals surface area (Å²) in [5.74, 6) is -1.93. The first kappa shape index (κ1) is 35.7. The lowest BCUT2D eigenvalue weighted by Crippen LogP contribution is -2.55. The van der Waals surface area contributed by atoms with Gasteiger partial charge in [-0.25, -0.2) is 0 Å². The predicted molar refractivity (Wildman–Crippen MR) is 184 cm³/mol. The molecule has 0 saturated carbocycles. The van der Waals surface area contributed by atoms with Crippen LogP contribution >= 0.6 is 15.9 Å². The Balaban J connectivity index is 1.74. The topological polar surface area (TPSA) is 141 Å². The zero-order valence-corrected chi connectivity index (χ0v) is 29.4. The minimum absolute atomic E-state index is 0.0439. The molecule has 0 unspecified atom stereocenters. The molecule has 10 nitrogen and oxygen atoms in total. The fourth-order valence-corrected chi connectivity index (χ4v) is 6.87. The Bertz CT molecular complexity index is 1630. The second kappa shape index (κ2) is 15.6. The van der Waals surface area contributed by atoms with E-state index in [0.29, 0.717) is 23.0 Å². The molecular weight excluding hydrogens is 664 g/mol. The van der Waals surface area contributed by atoms with Gasteiger partial charge in [-0.2, -0.15) is 0 Å². The molecular formula is C36H45BrN4O6. The summed E-state index contributed by atoms with van der Waals surface area (Å²) in [4.78, 5) is 59.2. The van der Waals surface area contributed by atoms with E-state index in [1.54, 1.807) is 26.1 Å². The molecule has 0 saturated heterocycles. The third-order valence-electron chi connectivity index (χ3n) is 8.67. The van der Waals surface area contributed by atoms with Crippen molar-refractivity contribution in [2.45, 2.75) is 84.5 Å². The molecule has 4 N–H and O–H groups in total. The second-order valence-corrected chi connectivity index (χ2v) is 13.6. The van der Waals surface area contributed by atoms with Gasteiger partial charge in [0.25, 0.3) is 0 Å². The number of phenols is 1. The Morgan fingerprint density at radius 1 is 0.936 bits per heavy atom. The summed E-state index contributed by atoms with van der Waals surface area (Å²) < 4.78 is 6.47. The molecule has 1 aromatic heterocycles. The molecule has 0 aliphatic carbocycles. The molecule has 4 rings (SSSR count). The Hall–Kier alpha value is -4.12. The number of allylic oxidation sites excluding steroid dienone is 2. The number of nitrogens with one attached hydrogen (secondary N) is 3. The maximum absolute atomic E-state index is 14.3. The van der Waals surface area contributed by atoms with Gasteiger partial charge < -0.3 is 30.4 Å². The Morgan fingerprint density at radius 2 is 1.62 bits per heavy atom. The molecule has 3 amide bonds. The van der Waals surface area contributed by atoms with Crippen molar-refractivity contribution in [2.24, 2.45) is 11.8 Å². The highest BCUT2D eigenvalue weighted by molar-refractivity contribution is 9.10. The van der Waals surface area contributed by atoms with Gasteiger partial charge in [0.05, 0.1) is 23.2 Å². The molecule has 0 spiro atoms. The van der Waals surface area contributed by atoms with Crippen molar-refractivity contribution in [3.63, 3.8) is 0 Å². The zero-order chi connectivity index (χ0) is 34.4. The number of rotatable bonds is 3. The van der Waals surface area contributed by atoms with Crippen LogP contribution in [0.2, 0.25) is 0 Å². The maximum Gasteiger partial charge on any atom is 0.308 e. The quantitative estimate of drug-likeness (QED) is 0.203. The van der Waals surface area contributed by atoms with Gasteiger partial charge in [-0.05, 0) is 84.8 Å². The molecule has 6 atom stereocenters. The van der Waals surface area contributed by atoms with Gasteiger partial charge in [0.15, 0.2) is 0 Å². The number of aromatic hydroxyl groups is 1. The monoisotopic (exact) mass is 708 g/mol. The van der Waals surface area contributed by atoms with E-state index in [4.69, 9.17) is 4.74 Å². The van der Waals surface area contributed by atoms with Crippen molar-refractivity contribution in [1.29, 1.82) is 0 Å². The number of likely N-dealkylation sites (N-methyl/N-ethyl adjacent to an activating group) is 1. The summed E-state index contributed by atoms with van der Waals surface area (Å²) >= 11 is 3.60. The summed E-state index contributed by atoms with van der Waals surface area (Å²) in [6, 6.07) is 11.2. The van der Waals surface area contributed by atoms with E-state index in [9.17, 15) is 24.3 Å². The smallest absolute Gasteiger partial charge is 0.308 e. The number of hydrogen-bond donors (Lipinski definition) is 4. The second-order valence-electron chi connectivity index (χ2n) is 12.9. The fourth-order valence-electron chi connectivity index (χ4n) is 6.28. The SMILES string of the molecule is CC1=C[C@H](C)C[C@H](C)OC(=O)C[C@H](c2ccc(O)cc2)NC(=O)[C@@H](Cc2c(Br)[nH]c3ccccc23)N(C)C(=O)[C@H](C)NC(=O)[C@H](C)C1. The Kier molecular flexibility index (Phi) is 11.9. The molecule has 0 radical (unpaired) electrons. The molecule has 0 bridgehead atoms. The number of hydrogen-bond acceptors (Lipinski definition) is 6. The first-order valence-electron chi connectivity index (χ1n) is 16.0. The van der Waals surface area contributed by atoms with E-state index in [1.165, 1.54) is 17.0 Å². The number of carbonyl (C=O) groups is 4. The van der Waals surface area contributed by atoms with Crippen molar-refractivity contribution < 1.29 is 29.0 Å². The standard InChI is InChI=1S/C36H45BrN4O6/c1-20-15-21(2)17-23(4)47-32(43)19-30(25-11-13-26(42)14-12-25)40-35(45)31(18-28-27-9-7-8-10-29(27)39-33(28)37)41(6)36(46)24(5)38-34(44)22(3)16-20/h7-15,21-24,30-31,39,42H,16-19H2,1-6H3,(H,38,44)(H,40,45)/t21-,22+,23-,24-,30+,31+/m0/s1. The van der Waals surface area contributed by atoms with Crippen LogP contribution < -0.4 is 10.6 Å². The molecule has 0 fully saturated rings. The summed E-state index contributed by atoms with van der Waals surface area (Å²) in [5, 5.41) is 16.7. The number of fused-ring (bicyclic) bond motifs is 1. The molecule has 252 valence electrons. The Morgan fingerprint density at radius 3 is 2.32 bits per heavy atom. The van der Waals surface area contributed by atoms with E-state index in [-0.39, 0.29) is 36.3 Å². The van der Waals surface area contributed by atoms with Gasteiger partial charge in [0.1, 0.15) is 17.8 Å². The van der Waals surface area contributed by atoms with Crippen LogP contribution in [0, 0.1) is 11.8 Å². The lowest BCUT2D eigenvalue weighted by Gasteiger charge is -2.31. The van der Waals surface area contributed by atoms with Crippen LogP contribution in [-0.2, 0) is 30.3 Å². The first-order chi connectivity index (χ1) is 22.2. The largest absolute Gasteiger partial charge is 0.508 e. The molecule has 1 aliphatic heterocycles. The van der Waals surface area contributed by atoms with Crippen LogP contribution in [0.15, 0.2) is 64.8 Å². The normalized spacial score (nSPS) is 26.0. The lowest BCUT2D eigenvalue weighted by molar-refractivity contribution is -0.149. The van der Waals surface area contributed by atoms with Crippen molar-refractivity contribution in [1.82, 2.24) is 20.5 Å². The number of cyclic esters (lactones) is 1. The van der Waals surface area contributed by atoms with Crippen LogP contribution in [0.3, 0.4) is 0 Å². The van der Waals surface area contributed by atoms with Crippen molar-refractivity contribution in [3.8, 4) is 5.75 Å². The number of para-hydroxylation sites is 1. The number of halogens is 1. The zero-order valence-electron chi connectivity index (χ0n) is 27.8. The number of ether oxygens (including phenoxy) is 1. The highest BCUT2D eigenvalue weighted by Crippen LogP contribution is 2.29. The summed E-state index contributed by atoms with van der Waals surface area (Å²) in [5.41, 5.74) is 3.29. The molecule has 2 heterocycles. The predicted octanol–water partition coefficient (Wildman–Crippen LogP) is 5.70. The van der Waals surface area contributed by atoms with E-state index in [0.717, 1.165) is 22.0 Å². The van der Waals surface area contributed by atoms with Crippen LogP contribution in [0.5, 0.6) is 5.75 Å². The molecule has 3 aromatic rings. The van der Waals surface area contributed by atoms with E-state index in [1.807, 2.05) is 52.0 Å². The van der Waals surface area contributed by atoms with E-state index in [2.05, 4.69) is 37.6 Å². The lowest BCUT2D eigenvalue weighted by atomic mass is 9.95. The number of aromatic nitrogens is 1. The average molecular weight is 710 g/mol. The van der Waals surface area contributed by atoms with Crippen LogP contribution in [0.1, 0.15) is 71.0 Å². The number of esters is 1. The minimum atomic E-state index is -1.02. The summed E-state index contributed by atoms with van der Waals surface area (Å²) in [6.07, 6.45) is 2.76. The molecule has 2 aromatic carbocycles. The number of amides is 3. The van der Waals surface area contributed by atoms with Crippen LogP contribution in [0.25, 0.3) is 10.9 Å². The minimum Gasteiger partial charge on any atom is -0.508 e. The summed E-state index contributed by atoms with van der Waals surface area (Å²) in [6.45, 7) is 9.27. The fraction of sp³-hybridized carbons (Fsp3) is 0.444. The van der Waals surface area contributed by atoms with Crippen LogP contribution in [-0.4, -0.2) is 63.9 Å². The highest BCUT2D eigenvalue weighted by atomic mass is 79.9. The Labute approximate surface area is 284 Å². The molecule has 1 aliphatic rings. The van der Waals surface area contributed by atoms with E-state index < -0.39 is 42.0 Å². The van der Waals surface area contributed by atoms with Gasteiger partial charge in [-0.3, -0.25) is 19.2 Å². The molecule has 47 heavy (non-hydrogen) atoms.